The van der Waals surface area contributed by atoms with Crippen molar-refractivity contribution >= 4 is 16.6 Å². The molecule has 0 aliphatic carbocycles. The lowest BCUT2D eigenvalue weighted by Gasteiger charge is -2.11. The van der Waals surface area contributed by atoms with Crippen molar-refractivity contribution in [3.05, 3.63) is 65.7 Å². The first-order valence-corrected chi connectivity index (χ1v) is 7.51. The molecule has 3 aromatic carbocycles. The van der Waals surface area contributed by atoms with E-state index in [4.69, 9.17) is 14.2 Å². The Kier molecular flexibility index (Phi) is 4.38. The molecule has 0 saturated carbocycles. The Morgan fingerprint density at radius 1 is 0.708 bits per heavy atom. The van der Waals surface area contributed by atoms with Crippen LogP contribution in [0.4, 0.5) is 0 Å². The summed E-state index contributed by atoms with van der Waals surface area (Å²) < 4.78 is 15.8. The van der Waals surface area contributed by atoms with Crippen LogP contribution in [0.2, 0.25) is 0 Å². The van der Waals surface area contributed by atoms with Gasteiger partial charge in [0.1, 0.15) is 17.2 Å². The molecule has 0 radical (unpaired) electrons. The molecule has 0 N–H and O–H groups in total. The zero-order valence-corrected chi connectivity index (χ0v) is 13.8. The fourth-order valence-electron chi connectivity index (χ4n) is 2.63. The first-order chi connectivity index (χ1) is 11.7. The van der Waals surface area contributed by atoms with Gasteiger partial charge in [-0.3, -0.25) is 4.79 Å². The Hall–Kier alpha value is -3.01. The minimum absolute atomic E-state index is 0.0905. The normalized spacial score (nSPS) is 10.5. The van der Waals surface area contributed by atoms with Crippen LogP contribution in [0, 0.1) is 0 Å². The maximum atomic E-state index is 12.8. The molecule has 0 spiro atoms. The summed E-state index contributed by atoms with van der Waals surface area (Å²) in [6, 6.07) is 16.5. The number of rotatable bonds is 5. The number of hydrogen-bond acceptors (Lipinski definition) is 4. The van der Waals surface area contributed by atoms with Crippen LogP contribution in [0.15, 0.2) is 54.6 Å². The van der Waals surface area contributed by atoms with Gasteiger partial charge in [0.2, 0.25) is 0 Å². The van der Waals surface area contributed by atoms with Gasteiger partial charge < -0.3 is 14.2 Å². The predicted octanol–water partition coefficient (Wildman–Crippen LogP) is 4.10. The van der Waals surface area contributed by atoms with E-state index in [1.54, 1.807) is 45.6 Å². The molecular formula is C20H18O4. The molecule has 0 amide bonds. The van der Waals surface area contributed by atoms with Crippen LogP contribution in [-0.2, 0) is 0 Å². The van der Waals surface area contributed by atoms with Gasteiger partial charge in [0, 0.05) is 5.56 Å². The van der Waals surface area contributed by atoms with E-state index in [0.29, 0.717) is 22.6 Å². The van der Waals surface area contributed by atoms with Crippen molar-refractivity contribution in [1.29, 1.82) is 0 Å². The molecule has 0 aliphatic rings. The summed E-state index contributed by atoms with van der Waals surface area (Å²) >= 11 is 0. The smallest absolute Gasteiger partial charge is 0.196 e. The Bertz CT molecular complexity index is 882. The van der Waals surface area contributed by atoms with Crippen LogP contribution in [0.5, 0.6) is 17.2 Å². The summed E-state index contributed by atoms with van der Waals surface area (Å²) in [7, 11) is 4.78. The van der Waals surface area contributed by atoms with Gasteiger partial charge >= 0.3 is 0 Å². The summed E-state index contributed by atoms with van der Waals surface area (Å²) in [5.41, 5.74) is 1.11. The van der Waals surface area contributed by atoms with Crippen molar-refractivity contribution in [3.63, 3.8) is 0 Å². The van der Waals surface area contributed by atoms with E-state index >= 15 is 0 Å². The summed E-state index contributed by atoms with van der Waals surface area (Å²) in [6.45, 7) is 0. The van der Waals surface area contributed by atoms with E-state index in [0.717, 1.165) is 16.5 Å². The second kappa shape index (κ2) is 6.62. The average Bonchev–Trinajstić information content (AvgIpc) is 2.65. The van der Waals surface area contributed by atoms with Crippen LogP contribution in [0.1, 0.15) is 15.9 Å². The minimum Gasteiger partial charge on any atom is -0.497 e. The molecule has 4 heteroatoms. The fourth-order valence-corrected chi connectivity index (χ4v) is 2.63. The summed E-state index contributed by atoms with van der Waals surface area (Å²) in [6.07, 6.45) is 0. The van der Waals surface area contributed by atoms with Crippen molar-refractivity contribution in [2.24, 2.45) is 0 Å². The van der Waals surface area contributed by atoms with Gasteiger partial charge in [-0.15, -0.1) is 0 Å². The molecule has 122 valence electrons. The summed E-state index contributed by atoms with van der Waals surface area (Å²) in [5, 5.41) is 1.91. The lowest BCUT2D eigenvalue weighted by atomic mass is 9.98. The first kappa shape index (κ1) is 15.9. The molecule has 0 bridgehead atoms. The van der Waals surface area contributed by atoms with Gasteiger partial charge in [0.25, 0.3) is 0 Å². The summed E-state index contributed by atoms with van der Waals surface area (Å²) in [4.78, 5) is 12.8. The number of ketones is 1. The SMILES string of the molecule is COc1ccc(C(=O)c2cc3ccc(OC)cc3cc2OC)cc1. The number of methoxy groups -OCH3 is 3. The maximum Gasteiger partial charge on any atom is 0.196 e. The lowest BCUT2D eigenvalue weighted by Crippen LogP contribution is -2.04. The van der Waals surface area contributed by atoms with E-state index in [1.165, 1.54) is 0 Å². The molecule has 0 heterocycles. The second-order valence-electron chi connectivity index (χ2n) is 5.32. The van der Waals surface area contributed by atoms with Gasteiger partial charge in [-0.1, -0.05) is 6.07 Å². The quantitative estimate of drug-likeness (QED) is 0.664. The molecular weight excluding hydrogens is 304 g/mol. The lowest BCUT2D eigenvalue weighted by molar-refractivity contribution is 0.103. The van der Waals surface area contributed by atoms with Gasteiger partial charge in [-0.05, 0) is 59.3 Å². The van der Waals surface area contributed by atoms with Crippen molar-refractivity contribution in [3.8, 4) is 17.2 Å². The Morgan fingerprint density at radius 3 is 2.00 bits per heavy atom. The number of carbonyl (C=O) groups excluding carboxylic acids is 1. The topological polar surface area (TPSA) is 44.8 Å². The minimum atomic E-state index is -0.0905. The van der Waals surface area contributed by atoms with Crippen LogP contribution in [0.25, 0.3) is 10.8 Å². The van der Waals surface area contributed by atoms with Crippen LogP contribution in [0.3, 0.4) is 0 Å². The van der Waals surface area contributed by atoms with Crippen molar-refractivity contribution in [2.45, 2.75) is 0 Å². The third kappa shape index (κ3) is 2.91. The van der Waals surface area contributed by atoms with Crippen molar-refractivity contribution in [2.75, 3.05) is 21.3 Å². The number of carbonyl (C=O) groups is 1. The zero-order chi connectivity index (χ0) is 17.1. The van der Waals surface area contributed by atoms with E-state index in [2.05, 4.69) is 0 Å². The molecule has 3 aromatic rings. The third-order valence-corrected chi connectivity index (χ3v) is 3.96. The van der Waals surface area contributed by atoms with Crippen LogP contribution in [-0.4, -0.2) is 27.1 Å². The highest BCUT2D eigenvalue weighted by Gasteiger charge is 2.16. The second-order valence-corrected chi connectivity index (χ2v) is 5.32. The van der Waals surface area contributed by atoms with E-state index in [9.17, 15) is 4.79 Å². The standard InChI is InChI=1S/C20H18O4/c1-22-16-7-4-13(5-8-16)20(21)18-11-14-6-9-17(23-2)10-15(14)12-19(18)24-3/h4-12H,1-3H3. The maximum absolute atomic E-state index is 12.8. The third-order valence-electron chi connectivity index (χ3n) is 3.96. The number of fused-ring (bicyclic) bond motifs is 1. The Labute approximate surface area is 140 Å². The molecule has 3 rings (SSSR count). The van der Waals surface area contributed by atoms with E-state index in [1.807, 2.05) is 30.3 Å². The molecule has 24 heavy (non-hydrogen) atoms. The summed E-state index contributed by atoms with van der Waals surface area (Å²) in [5.74, 6) is 1.92. The van der Waals surface area contributed by atoms with Crippen molar-refractivity contribution < 1.29 is 19.0 Å². The molecule has 0 aromatic heterocycles. The number of ether oxygens (including phenoxy) is 3. The molecule has 0 aliphatic heterocycles. The first-order valence-electron chi connectivity index (χ1n) is 7.51. The van der Waals surface area contributed by atoms with Crippen molar-refractivity contribution in [1.82, 2.24) is 0 Å². The Morgan fingerprint density at radius 2 is 1.38 bits per heavy atom. The Balaban J connectivity index is 2.07. The highest BCUT2D eigenvalue weighted by atomic mass is 16.5. The average molecular weight is 322 g/mol. The highest BCUT2D eigenvalue weighted by Crippen LogP contribution is 2.30. The molecule has 0 unspecified atom stereocenters. The van der Waals surface area contributed by atoms with Crippen LogP contribution >= 0.6 is 0 Å². The largest absolute Gasteiger partial charge is 0.497 e. The highest BCUT2D eigenvalue weighted by molar-refractivity contribution is 6.12. The molecule has 0 fully saturated rings. The van der Waals surface area contributed by atoms with Gasteiger partial charge in [-0.25, -0.2) is 0 Å². The molecule has 0 atom stereocenters. The molecule has 0 saturated heterocycles. The number of hydrogen-bond donors (Lipinski definition) is 0. The fraction of sp³-hybridized carbons (Fsp3) is 0.150. The predicted molar refractivity (Wildman–Crippen MR) is 93.5 cm³/mol. The van der Waals surface area contributed by atoms with Crippen LogP contribution < -0.4 is 14.2 Å². The number of benzene rings is 3. The molecule has 4 nitrogen and oxygen atoms in total. The van der Waals surface area contributed by atoms with E-state index in [-0.39, 0.29) is 5.78 Å². The monoisotopic (exact) mass is 322 g/mol. The van der Waals surface area contributed by atoms with Gasteiger partial charge in [0.05, 0.1) is 26.9 Å². The van der Waals surface area contributed by atoms with Gasteiger partial charge in [0.15, 0.2) is 5.78 Å². The van der Waals surface area contributed by atoms with E-state index < -0.39 is 0 Å². The van der Waals surface area contributed by atoms with Gasteiger partial charge in [-0.2, -0.15) is 0 Å². The zero-order valence-electron chi connectivity index (χ0n) is 13.8.